The number of ether oxygens (including phenoxy) is 1. The average Bonchev–Trinajstić information content (AvgIpc) is 2.66. The van der Waals surface area contributed by atoms with Gasteiger partial charge in [-0.1, -0.05) is 36.4 Å². The molecule has 0 saturated heterocycles. The lowest BCUT2D eigenvalue weighted by atomic mass is 10.1. The van der Waals surface area contributed by atoms with Crippen molar-refractivity contribution in [1.82, 2.24) is 20.9 Å². The highest BCUT2D eigenvalue weighted by atomic mass is 127. The second-order valence-corrected chi connectivity index (χ2v) is 7.32. The van der Waals surface area contributed by atoms with E-state index in [2.05, 4.69) is 25.9 Å². The van der Waals surface area contributed by atoms with E-state index in [1.807, 2.05) is 63.2 Å². The number of hydrogen-bond donors (Lipinski definition) is 3. The zero-order valence-corrected chi connectivity index (χ0v) is 19.7. The van der Waals surface area contributed by atoms with Crippen LogP contribution in [0.5, 0.6) is 5.88 Å². The molecule has 0 unspecified atom stereocenters. The molecule has 2 aromatic rings. The monoisotopic (exact) mass is 511 g/mol. The van der Waals surface area contributed by atoms with Crippen molar-refractivity contribution in [3.63, 3.8) is 0 Å². The van der Waals surface area contributed by atoms with Crippen LogP contribution in [0.25, 0.3) is 0 Å². The van der Waals surface area contributed by atoms with Crippen molar-refractivity contribution < 1.29 is 9.53 Å². The summed E-state index contributed by atoms with van der Waals surface area (Å²) < 4.78 is 5.87. The van der Waals surface area contributed by atoms with E-state index in [9.17, 15) is 4.79 Å². The lowest BCUT2D eigenvalue weighted by molar-refractivity contribution is -0.121. The second-order valence-electron chi connectivity index (χ2n) is 7.32. The summed E-state index contributed by atoms with van der Waals surface area (Å²) in [6, 6.07) is 13.7. The Kier molecular flexibility index (Phi) is 10.4. The van der Waals surface area contributed by atoms with Gasteiger partial charge in [0, 0.05) is 30.9 Å². The number of hydrogen-bond acceptors (Lipinski definition) is 4. The number of nitrogens with zero attached hydrogens (tertiary/aromatic N) is 2. The molecule has 0 aliphatic heterocycles. The van der Waals surface area contributed by atoms with Crippen molar-refractivity contribution in [3.8, 4) is 5.88 Å². The number of pyridine rings is 1. The highest BCUT2D eigenvalue weighted by Gasteiger charge is 2.14. The number of rotatable bonds is 7. The summed E-state index contributed by atoms with van der Waals surface area (Å²) in [4.78, 5) is 20.4. The minimum absolute atomic E-state index is 0. The Hall–Kier alpha value is -2.36. The zero-order valence-electron chi connectivity index (χ0n) is 17.4. The van der Waals surface area contributed by atoms with E-state index in [-0.39, 0.29) is 42.0 Å². The van der Waals surface area contributed by atoms with Gasteiger partial charge in [0.25, 0.3) is 0 Å². The normalized spacial score (nSPS) is 11.2. The van der Waals surface area contributed by atoms with Crippen LogP contribution < -0.4 is 20.7 Å². The van der Waals surface area contributed by atoms with Crippen molar-refractivity contribution in [1.29, 1.82) is 0 Å². The van der Waals surface area contributed by atoms with E-state index in [1.165, 1.54) is 0 Å². The number of aromatic nitrogens is 1. The molecule has 0 aliphatic rings. The summed E-state index contributed by atoms with van der Waals surface area (Å²) in [6.07, 6.45) is 1.70. The van der Waals surface area contributed by atoms with Crippen LogP contribution in [-0.2, 0) is 17.9 Å². The smallest absolute Gasteiger partial charge is 0.239 e. The molecule has 1 heterocycles. The predicted octanol–water partition coefficient (Wildman–Crippen LogP) is 2.86. The average molecular weight is 511 g/mol. The van der Waals surface area contributed by atoms with E-state index < -0.39 is 0 Å². The van der Waals surface area contributed by atoms with Crippen LogP contribution in [-0.4, -0.2) is 36.0 Å². The van der Waals surface area contributed by atoms with Crippen molar-refractivity contribution in [2.75, 3.05) is 13.6 Å². The van der Waals surface area contributed by atoms with Crippen LogP contribution in [0.1, 0.15) is 31.9 Å². The third-order valence-corrected chi connectivity index (χ3v) is 3.67. The molecule has 0 fully saturated rings. The van der Waals surface area contributed by atoms with E-state index in [0.29, 0.717) is 25.0 Å². The fourth-order valence-corrected chi connectivity index (χ4v) is 2.44. The maximum atomic E-state index is 11.9. The van der Waals surface area contributed by atoms with Crippen LogP contribution in [0.2, 0.25) is 0 Å². The highest BCUT2D eigenvalue weighted by molar-refractivity contribution is 14.0. The Morgan fingerprint density at radius 3 is 2.48 bits per heavy atom. The van der Waals surface area contributed by atoms with Crippen molar-refractivity contribution in [2.45, 2.75) is 39.5 Å². The molecule has 2 rings (SSSR count). The Morgan fingerprint density at radius 1 is 1.10 bits per heavy atom. The van der Waals surface area contributed by atoms with Gasteiger partial charge >= 0.3 is 0 Å². The molecule has 8 heteroatoms. The lowest BCUT2D eigenvalue weighted by Gasteiger charge is -2.21. The third-order valence-electron chi connectivity index (χ3n) is 3.67. The number of halogens is 1. The van der Waals surface area contributed by atoms with Crippen molar-refractivity contribution in [3.05, 3.63) is 59.8 Å². The van der Waals surface area contributed by atoms with Crippen LogP contribution in [0.15, 0.2) is 53.7 Å². The summed E-state index contributed by atoms with van der Waals surface area (Å²) in [5.41, 5.74) is 1.71. The highest BCUT2D eigenvalue weighted by Crippen LogP contribution is 2.15. The molecule has 0 bridgehead atoms. The molecular formula is C21H30IN5O2. The van der Waals surface area contributed by atoms with Crippen LogP contribution >= 0.6 is 24.0 Å². The summed E-state index contributed by atoms with van der Waals surface area (Å²) >= 11 is 0. The van der Waals surface area contributed by atoms with Gasteiger partial charge in [0.2, 0.25) is 11.8 Å². The molecule has 1 amide bonds. The van der Waals surface area contributed by atoms with Crippen LogP contribution in [0.4, 0.5) is 0 Å². The van der Waals surface area contributed by atoms with Crippen LogP contribution in [0, 0.1) is 0 Å². The van der Waals surface area contributed by atoms with Gasteiger partial charge in [0.1, 0.15) is 6.61 Å². The Bertz CT molecular complexity index is 791. The molecule has 0 aliphatic carbocycles. The Balaban J connectivity index is 0.00000420. The summed E-state index contributed by atoms with van der Waals surface area (Å²) in [6.45, 7) is 6.89. The Labute approximate surface area is 189 Å². The number of nitrogens with one attached hydrogen (secondary N) is 3. The number of guanidine groups is 1. The van der Waals surface area contributed by atoms with Gasteiger partial charge in [-0.2, -0.15) is 0 Å². The first-order valence-electron chi connectivity index (χ1n) is 9.23. The number of carbonyl (C=O) groups is 1. The van der Waals surface area contributed by atoms with Crippen molar-refractivity contribution in [2.24, 2.45) is 4.99 Å². The van der Waals surface area contributed by atoms with Gasteiger partial charge in [0.05, 0.1) is 6.54 Å². The van der Waals surface area contributed by atoms with Gasteiger partial charge in [0.15, 0.2) is 5.96 Å². The van der Waals surface area contributed by atoms with Gasteiger partial charge in [-0.05, 0) is 32.4 Å². The maximum Gasteiger partial charge on any atom is 0.239 e. The summed E-state index contributed by atoms with van der Waals surface area (Å²) in [7, 11) is 1.66. The molecule has 1 aromatic carbocycles. The van der Waals surface area contributed by atoms with E-state index in [1.54, 1.807) is 13.2 Å². The summed E-state index contributed by atoms with van der Waals surface area (Å²) in [5, 5.41) is 9.09. The SMILES string of the molecule is CN=C(NCC(=O)NC(C)(C)C)NCc1cccnc1OCc1ccccc1.I. The third kappa shape index (κ3) is 9.60. The van der Waals surface area contributed by atoms with Crippen molar-refractivity contribution >= 4 is 35.8 Å². The molecule has 158 valence electrons. The van der Waals surface area contributed by atoms with Gasteiger partial charge < -0.3 is 20.7 Å². The molecule has 0 spiro atoms. The first-order valence-corrected chi connectivity index (χ1v) is 9.23. The lowest BCUT2D eigenvalue weighted by Crippen LogP contribution is -2.48. The molecule has 0 radical (unpaired) electrons. The molecule has 0 atom stereocenters. The number of benzene rings is 1. The topological polar surface area (TPSA) is 87.6 Å². The zero-order chi connectivity index (χ0) is 20.4. The number of carbonyl (C=O) groups excluding carboxylic acids is 1. The Morgan fingerprint density at radius 2 is 1.83 bits per heavy atom. The maximum absolute atomic E-state index is 11.9. The fourth-order valence-electron chi connectivity index (χ4n) is 2.44. The minimum atomic E-state index is -0.267. The molecule has 1 aromatic heterocycles. The number of amides is 1. The van der Waals surface area contributed by atoms with Gasteiger partial charge in [-0.3, -0.25) is 9.79 Å². The van der Waals surface area contributed by atoms with E-state index in [0.717, 1.165) is 11.1 Å². The first-order chi connectivity index (χ1) is 13.4. The molecule has 3 N–H and O–H groups in total. The first kappa shape index (κ1) is 24.7. The summed E-state index contributed by atoms with van der Waals surface area (Å²) in [5.74, 6) is 1.01. The number of aliphatic imine (C=N–C) groups is 1. The van der Waals surface area contributed by atoms with Gasteiger partial charge in [-0.25, -0.2) is 4.98 Å². The molecule has 29 heavy (non-hydrogen) atoms. The minimum Gasteiger partial charge on any atom is -0.473 e. The second kappa shape index (κ2) is 12.3. The quantitative estimate of drug-likeness (QED) is 0.303. The largest absolute Gasteiger partial charge is 0.473 e. The molecular weight excluding hydrogens is 481 g/mol. The van der Waals surface area contributed by atoms with Gasteiger partial charge in [-0.15, -0.1) is 24.0 Å². The molecule has 0 saturated carbocycles. The molecule has 7 nitrogen and oxygen atoms in total. The van der Waals surface area contributed by atoms with E-state index >= 15 is 0 Å². The van der Waals surface area contributed by atoms with E-state index in [4.69, 9.17) is 4.74 Å². The van der Waals surface area contributed by atoms with Crippen LogP contribution in [0.3, 0.4) is 0 Å². The standard InChI is InChI=1S/C21H29N5O2.HI/c1-21(2,3)26-18(27)14-25-20(22-4)24-13-17-11-8-12-23-19(17)28-15-16-9-6-5-7-10-16;/h5-12H,13-15H2,1-4H3,(H,26,27)(H2,22,24,25);1H. The fraction of sp³-hybridized carbons (Fsp3) is 0.381. The predicted molar refractivity (Wildman–Crippen MR) is 127 cm³/mol.